The second-order valence-corrected chi connectivity index (χ2v) is 5.57. The molecule has 0 amide bonds. The van der Waals surface area contributed by atoms with Crippen molar-refractivity contribution < 1.29 is 8.42 Å². The first-order valence-electron chi connectivity index (χ1n) is 4.60. The van der Waals surface area contributed by atoms with E-state index in [2.05, 4.69) is 11.6 Å². The number of imidazole rings is 1. The van der Waals surface area contributed by atoms with Gasteiger partial charge in [0, 0.05) is 29.8 Å². The Morgan fingerprint density at radius 1 is 1.67 bits per heavy atom. The van der Waals surface area contributed by atoms with Crippen LogP contribution in [0.3, 0.4) is 0 Å². The number of rotatable bonds is 5. The van der Waals surface area contributed by atoms with Gasteiger partial charge in [0.05, 0.1) is 0 Å². The van der Waals surface area contributed by atoms with Crippen LogP contribution in [0, 0.1) is 0 Å². The Morgan fingerprint density at radius 3 is 2.80 bits per heavy atom. The van der Waals surface area contributed by atoms with E-state index in [9.17, 15) is 8.42 Å². The Bertz CT molecular complexity index is 451. The molecule has 0 atom stereocenters. The molecule has 0 saturated heterocycles. The predicted octanol–water partition coefficient (Wildman–Crippen LogP) is 1.95. The maximum Gasteiger partial charge on any atom is 0.280 e. The standard InChI is InChI=1S/C9H13ClN2O2S/c1-3-5-6-12-7-9(15(10,13)14)11-8(12)4-2/h3,7H,1,4-6H2,2H3. The third-order valence-electron chi connectivity index (χ3n) is 1.98. The van der Waals surface area contributed by atoms with Crippen LogP contribution in [0.25, 0.3) is 0 Å². The van der Waals surface area contributed by atoms with E-state index in [1.807, 2.05) is 6.92 Å². The van der Waals surface area contributed by atoms with Crippen molar-refractivity contribution in [3.8, 4) is 0 Å². The van der Waals surface area contributed by atoms with Crippen LogP contribution in [0.5, 0.6) is 0 Å². The first-order chi connectivity index (χ1) is 6.99. The number of aryl methyl sites for hydroxylation is 2. The second kappa shape index (κ2) is 4.81. The molecule has 84 valence electrons. The normalized spacial score (nSPS) is 11.6. The van der Waals surface area contributed by atoms with E-state index in [4.69, 9.17) is 10.7 Å². The molecule has 0 aliphatic heterocycles. The largest absolute Gasteiger partial charge is 0.333 e. The van der Waals surface area contributed by atoms with Crippen LogP contribution in [-0.2, 0) is 22.0 Å². The van der Waals surface area contributed by atoms with Gasteiger partial charge >= 0.3 is 0 Å². The number of hydrogen-bond donors (Lipinski definition) is 0. The molecule has 1 heterocycles. The van der Waals surface area contributed by atoms with E-state index < -0.39 is 9.05 Å². The SMILES string of the molecule is C=CCCn1cc(S(=O)(=O)Cl)nc1CC. The number of hydrogen-bond acceptors (Lipinski definition) is 3. The molecule has 0 saturated carbocycles. The van der Waals surface area contributed by atoms with Crippen molar-refractivity contribution in [3.63, 3.8) is 0 Å². The van der Waals surface area contributed by atoms with Gasteiger partial charge in [0.2, 0.25) is 0 Å². The highest BCUT2D eigenvalue weighted by atomic mass is 35.7. The summed E-state index contributed by atoms with van der Waals surface area (Å²) in [6.45, 7) is 6.20. The summed E-state index contributed by atoms with van der Waals surface area (Å²) in [5.41, 5.74) is 0. The minimum absolute atomic E-state index is 0.0786. The summed E-state index contributed by atoms with van der Waals surface area (Å²) in [5.74, 6) is 0.719. The maximum atomic E-state index is 11.1. The number of halogens is 1. The third-order valence-corrected chi connectivity index (χ3v) is 3.15. The molecule has 0 aliphatic carbocycles. The lowest BCUT2D eigenvalue weighted by atomic mass is 10.4. The van der Waals surface area contributed by atoms with Crippen molar-refractivity contribution in [2.45, 2.75) is 31.3 Å². The molecule has 0 aliphatic rings. The molecule has 6 heteroatoms. The van der Waals surface area contributed by atoms with E-state index in [0.717, 1.165) is 12.2 Å². The molecule has 0 N–H and O–H groups in total. The Balaban J connectivity index is 3.05. The zero-order valence-corrected chi connectivity index (χ0v) is 10.1. The first-order valence-corrected chi connectivity index (χ1v) is 6.91. The Kier molecular flexibility index (Phi) is 3.93. The van der Waals surface area contributed by atoms with Crippen LogP contribution in [0.1, 0.15) is 19.2 Å². The van der Waals surface area contributed by atoms with E-state index in [-0.39, 0.29) is 5.03 Å². The minimum Gasteiger partial charge on any atom is -0.333 e. The van der Waals surface area contributed by atoms with Crippen molar-refractivity contribution in [2.75, 3.05) is 0 Å². The molecular weight excluding hydrogens is 236 g/mol. The molecule has 15 heavy (non-hydrogen) atoms. The smallest absolute Gasteiger partial charge is 0.280 e. The molecule has 0 radical (unpaired) electrons. The fourth-order valence-corrected chi connectivity index (χ4v) is 1.94. The number of nitrogens with zero attached hydrogens (tertiary/aromatic N) is 2. The monoisotopic (exact) mass is 248 g/mol. The van der Waals surface area contributed by atoms with E-state index >= 15 is 0 Å². The molecular formula is C9H13ClN2O2S. The zero-order chi connectivity index (χ0) is 11.5. The summed E-state index contributed by atoms with van der Waals surface area (Å²) in [4.78, 5) is 3.96. The second-order valence-electron chi connectivity index (χ2n) is 3.06. The van der Waals surface area contributed by atoms with Gasteiger partial charge in [-0.15, -0.1) is 6.58 Å². The topological polar surface area (TPSA) is 52.0 Å². The van der Waals surface area contributed by atoms with Gasteiger partial charge in [-0.1, -0.05) is 13.0 Å². The fraction of sp³-hybridized carbons (Fsp3) is 0.444. The van der Waals surface area contributed by atoms with Gasteiger partial charge in [-0.3, -0.25) is 0 Å². The lowest BCUT2D eigenvalue weighted by molar-refractivity contribution is 0.606. The summed E-state index contributed by atoms with van der Waals surface area (Å²) in [6.07, 6.45) is 4.67. The van der Waals surface area contributed by atoms with Crippen LogP contribution in [0.15, 0.2) is 23.9 Å². The van der Waals surface area contributed by atoms with Gasteiger partial charge in [0.1, 0.15) is 5.82 Å². The summed E-state index contributed by atoms with van der Waals surface area (Å²) < 4.78 is 23.9. The average Bonchev–Trinajstić information content (AvgIpc) is 2.57. The zero-order valence-electron chi connectivity index (χ0n) is 8.48. The van der Waals surface area contributed by atoms with Crippen LogP contribution >= 0.6 is 10.7 Å². The predicted molar refractivity (Wildman–Crippen MR) is 59.5 cm³/mol. The quantitative estimate of drug-likeness (QED) is 0.591. The van der Waals surface area contributed by atoms with Gasteiger partial charge in [-0.25, -0.2) is 13.4 Å². The van der Waals surface area contributed by atoms with Gasteiger partial charge in [0.15, 0.2) is 5.03 Å². The minimum atomic E-state index is -3.73. The lowest BCUT2D eigenvalue weighted by Gasteiger charge is -2.02. The van der Waals surface area contributed by atoms with Crippen LogP contribution in [0.2, 0.25) is 0 Å². The van der Waals surface area contributed by atoms with Gasteiger partial charge < -0.3 is 4.57 Å². The van der Waals surface area contributed by atoms with Crippen molar-refractivity contribution in [1.29, 1.82) is 0 Å². The molecule has 0 aromatic carbocycles. The Labute approximate surface area is 94.0 Å². The lowest BCUT2D eigenvalue weighted by Crippen LogP contribution is -2.00. The Morgan fingerprint density at radius 2 is 2.33 bits per heavy atom. The van der Waals surface area contributed by atoms with Crippen LogP contribution in [0.4, 0.5) is 0 Å². The summed E-state index contributed by atoms with van der Waals surface area (Å²) >= 11 is 0. The fourth-order valence-electron chi connectivity index (χ4n) is 1.25. The summed E-state index contributed by atoms with van der Waals surface area (Å²) in [5, 5.41) is -0.0786. The summed E-state index contributed by atoms with van der Waals surface area (Å²) in [6, 6.07) is 0. The Hall–Kier alpha value is -0.810. The van der Waals surface area contributed by atoms with Gasteiger partial charge in [0.25, 0.3) is 9.05 Å². The molecule has 0 spiro atoms. The molecule has 1 aromatic heterocycles. The first kappa shape index (κ1) is 12.3. The van der Waals surface area contributed by atoms with E-state index in [1.54, 1.807) is 10.6 Å². The highest BCUT2D eigenvalue weighted by Crippen LogP contribution is 2.15. The van der Waals surface area contributed by atoms with Gasteiger partial charge in [-0.2, -0.15) is 0 Å². The molecule has 0 bridgehead atoms. The van der Waals surface area contributed by atoms with Crippen molar-refractivity contribution in [1.82, 2.24) is 9.55 Å². The van der Waals surface area contributed by atoms with Crippen LogP contribution < -0.4 is 0 Å². The average molecular weight is 249 g/mol. The maximum absolute atomic E-state index is 11.1. The summed E-state index contributed by atoms with van der Waals surface area (Å²) in [7, 11) is 1.49. The van der Waals surface area contributed by atoms with Crippen molar-refractivity contribution in [3.05, 3.63) is 24.7 Å². The van der Waals surface area contributed by atoms with E-state index in [0.29, 0.717) is 13.0 Å². The van der Waals surface area contributed by atoms with Crippen molar-refractivity contribution in [2.24, 2.45) is 0 Å². The number of aromatic nitrogens is 2. The molecule has 1 rings (SSSR count). The van der Waals surface area contributed by atoms with Gasteiger partial charge in [-0.05, 0) is 6.42 Å². The molecule has 4 nitrogen and oxygen atoms in total. The van der Waals surface area contributed by atoms with Crippen molar-refractivity contribution >= 4 is 19.7 Å². The highest BCUT2D eigenvalue weighted by Gasteiger charge is 2.16. The third kappa shape index (κ3) is 3.07. The molecule has 0 fully saturated rings. The highest BCUT2D eigenvalue weighted by molar-refractivity contribution is 8.13. The molecule has 0 unspecified atom stereocenters. The van der Waals surface area contributed by atoms with Crippen LogP contribution in [-0.4, -0.2) is 18.0 Å². The number of allylic oxidation sites excluding steroid dienone is 1. The molecule has 1 aromatic rings. The van der Waals surface area contributed by atoms with E-state index in [1.165, 1.54) is 6.20 Å².